The van der Waals surface area contributed by atoms with E-state index in [2.05, 4.69) is 15.8 Å². The van der Waals surface area contributed by atoms with Crippen LogP contribution in [0.1, 0.15) is 61.8 Å². The van der Waals surface area contributed by atoms with E-state index in [0.29, 0.717) is 35.4 Å². The van der Waals surface area contributed by atoms with Gasteiger partial charge in [-0.1, -0.05) is 17.7 Å². The summed E-state index contributed by atoms with van der Waals surface area (Å²) >= 11 is 0. The van der Waals surface area contributed by atoms with E-state index in [0.717, 1.165) is 28.8 Å². The largest absolute Gasteiger partial charge is 0.508 e. The van der Waals surface area contributed by atoms with E-state index in [1.807, 2.05) is 39.0 Å². The molecule has 1 aliphatic rings. The quantitative estimate of drug-likeness (QED) is 0.524. The summed E-state index contributed by atoms with van der Waals surface area (Å²) in [7, 11) is 0. The van der Waals surface area contributed by atoms with Crippen LogP contribution in [-0.4, -0.2) is 22.6 Å². The Labute approximate surface area is 186 Å². The number of carbonyl (C=O) groups excluding carboxylic acids is 2. The van der Waals surface area contributed by atoms with Gasteiger partial charge in [0.25, 0.3) is 11.8 Å². The molecular weight excluding hydrogens is 406 g/mol. The smallest absolute Gasteiger partial charge is 0.291 e. The van der Waals surface area contributed by atoms with E-state index < -0.39 is 0 Å². The molecule has 0 saturated carbocycles. The predicted molar refractivity (Wildman–Crippen MR) is 122 cm³/mol. The number of furan rings is 1. The van der Waals surface area contributed by atoms with Gasteiger partial charge in [0, 0.05) is 28.8 Å². The SMILES string of the molecule is Cc1ccc(NC(=O)c2oc3c(c2C)/C(=N/NC(=O)c2ccc(O)cc2)CCC3)c(C)c1. The van der Waals surface area contributed by atoms with E-state index in [4.69, 9.17) is 4.42 Å². The molecule has 4 rings (SSSR count). The van der Waals surface area contributed by atoms with E-state index in [1.54, 1.807) is 0 Å². The zero-order chi connectivity index (χ0) is 22.8. The van der Waals surface area contributed by atoms with Gasteiger partial charge in [0.15, 0.2) is 5.76 Å². The summed E-state index contributed by atoms with van der Waals surface area (Å²) in [6.45, 7) is 5.79. The second-order valence-electron chi connectivity index (χ2n) is 8.03. The lowest BCUT2D eigenvalue weighted by atomic mass is 9.93. The Bertz CT molecular complexity index is 1220. The molecule has 3 N–H and O–H groups in total. The summed E-state index contributed by atoms with van der Waals surface area (Å²) < 4.78 is 5.94. The van der Waals surface area contributed by atoms with Crippen LogP contribution in [0.3, 0.4) is 0 Å². The van der Waals surface area contributed by atoms with Gasteiger partial charge < -0.3 is 14.8 Å². The normalized spacial score (nSPS) is 14.2. The minimum atomic E-state index is -0.376. The van der Waals surface area contributed by atoms with Crippen LogP contribution < -0.4 is 10.7 Å². The zero-order valence-corrected chi connectivity index (χ0v) is 18.3. The van der Waals surface area contributed by atoms with E-state index >= 15 is 0 Å². The Balaban J connectivity index is 1.57. The molecule has 0 radical (unpaired) electrons. The van der Waals surface area contributed by atoms with Crippen LogP contribution in [0.25, 0.3) is 0 Å². The van der Waals surface area contributed by atoms with Crippen molar-refractivity contribution in [1.29, 1.82) is 0 Å². The first-order valence-corrected chi connectivity index (χ1v) is 10.5. The summed E-state index contributed by atoms with van der Waals surface area (Å²) in [5.74, 6) is 0.368. The summed E-state index contributed by atoms with van der Waals surface area (Å²) in [6.07, 6.45) is 2.19. The molecule has 0 saturated heterocycles. The first-order chi connectivity index (χ1) is 15.3. The number of anilines is 1. The van der Waals surface area contributed by atoms with Crippen LogP contribution >= 0.6 is 0 Å². The fraction of sp³-hybridized carbons (Fsp3) is 0.240. The van der Waals surface area contributed by atoms with E-state index in [-0.39, 0.29) is 23.3 Å². The minimum absolute atomic E-state index is 0.0884. The van der Waals surface area contributed by atoms with Gasteiger partial charge in [-0.05, 0) is 69.5 Å². The van der Waals surface area contributed by atoms with Gasteiger partial charge in [0.05, 0.1) is 5.71 Å². The molecule has 2 amide bonds. The van der Waals surface area contributed by atoms with Gasteiger partial charge >= 0.3 is 0 Å². The average Bonchev–Trinajstić information content (AvgIpc) is 3.12. The molecule has 1 aliphatic carbocycles. The molecule has 164 valence electrons. The third-order valence-corrected chi connectivity index (χ3v) is 5.58. The molecule has 0 aliphatic heterocycles. The van der Waals surface area contributed by atoms with Crippen LogP contribution in [0.4, 0.5) is 5.69 Å². The third-order valence-electron chi connectivity index (χ3n) is 5.58. The molecule has 2 aromatic carbocycles. The number of benzene rings is 2. The number of nitrogens with one attached hydrogen (secondary N) is 2. The van der Waals surface area contributed by atoms with Gasteiger partial charge in [-0.3, -0.25) is 9.59 Å². The number of hydrogen-bond acceptors (Lipinski definition) is 5. The van der Waals surface area contributed by atoms with Crippen molar-refractivity contribution in [3.63, 3.8) is 0 Å². The number of hydrazone groups is 1. The number of amides is 2. The molecule has 32 heavy (non-hydrogen) atoms. The van der Waals surface area contributed by atoms with Crippen LogP contribution in [-0.2, 0) is 6.42 Å². The van der Waals surface area contributed by atoms with Crippen molar-refractivity contribution < 1.29 is 19.1 Å². The third kappa shape index (κ3) is 4.27. The predicted octanol–water partition coefficient (Wildman–Crippen LogP) is 4.63. The summed E-state index contributed by atoms with van der Waals surface area (Å²) in [4.78, 5) is 25.3. The van der Waals surface area contributed by atoms with Crippen LogP contribution in [0.2, 0.25) is 0 Å². The highest BCUT2D eigenvalue weighted by atomic mass is 16.4. The van der Waals surface area contributed by atoms with Crippen LogP contribution in [0, 0.1) is 20.8 Å². The summed E-state index contributed by atoms with van der Waals surface area (Å²) in [5, 5.41) is 16.6. The number of aromatic hydroxyl groups is 1. The lowest BCUT2D eigenvalue weighted by molar-refractivity contribution is 0.0953. The maximum atomic E-state index is 12.9. The lowest BCUT2D eigenvalue weighted by Gasteiger charge is -2.13. The fourth-order valence-corrected chi connectivity index (χ4v) is 3.93. The van der Waals surface area contributed by atoms with Gasteiger partial charge in [-0.15, -0.1) is 0 Å². The number of hydrogen-bond donors (Lipinski definition) is 3. The maximum absolute atomic E-state index is 12.9. The number of nitrogens with zero attached hydrogens (tertiary/aromatic N) is 1. The van der Waals surface area contributed by atoms with Crippen molar-refractivity contribution in [3.8, 4) is 5.75 Å². The number of phenolic OH excluding ortho intramolecular Hbond substituents is 1. The second kappa shape index (κ2) is 8.70. The highest BCUT2D eigenvalue weighted by Crippen LogP contribution is 2.30. The Morgan fingerprint density at radius 2 is 1.75 bits per heavy atom. The highest BCUT2D eigenvalue weighted by Gasteiger charge is 2.28. The average molecular weight is 431 g/mol. The number of fused-ring (bicyclic) bond motifs is 1. The Hall–Kier alpha value is -3.87. The van der Waals surface area contributed by atoms with Crippen molar-refractivity contribution in [1.82, 2.24) is 5.43 Å². The van der Waals surface area contributed by atoms with Gasteiger partial charge in [0.1, 0.15) is 11.5 Å². The highest BCUT2D eigenvalue weighted by molar-refractivity contribution is 6.09. The zero-order valence-electron chi connectivity index (χ0n) is 18.3. The number of rotatable bonds is 4. The lowest BCUT2D eigenvalue weighted by Crippen LogP contribution is -2.22. The molecular formula is C25H25N3O4. The second-order valence-corrected chi connectivity index (χ2v) is 8.03. The molecule has 0 fully saturated rings. The van der Waals surface area contributed by atoms with Gasteiger partial charge in [-0.25, -0.2) is 5.43 Å². The molecule has 0 bridgehead atoms. The van der Waals surface area contributed by atoms with Gasteiger partial charge in [-0.2, -0.15) is 5.10 Å². The molecule has 1 aromatic heterocycles. The molecule has 7 nitrogen and oxygen atoms in total. The fourth-order valence-electron chi connectivity index (χ4n) is 3.93. The Morgan fingerprint density at radius 3 is 2.47 bits per heavy atom. The summed E-state index contributed by atoms with van der Waals surface area (Å²) in [6, 6.07) is 11.8. The maximum Gasteiger partial charge on any atom is 0.291 e. The van der Waals surface area contributed by atoms with Crippen molar-refractivity contribution >= 4 is 23.2 Å². The van der Waals surface area contributed by atoms with Crippen molar-refractivity contribution in [2.45, 2.75) is 40.0 Å². The molecule has 1 heterocycles. The number of aryl methyl sites for hydroxylation is 3. The first-order valence-electron chi connectivity index (χ1n) is 10.5. The van der Waals surface area contributed by atoms with Gasteiger partial charge in [0.2, 0.25) is 0 Å². The Morgan fingerprint density at radius 1 is 1.00 bits per heavy atom. The number of phenols is 1. The van der Waals surface area contributed by atoms with E-state index in [9.17, 15) is 14.7 Å². The first kappa shape index (κ1) is 21.4. The van der Waals surface area contributed by atoms with Crippen LogP contribution in [0.15, 0.2) is 52.0 Å². The Kier molecular flexibility index (Phi) is 5.81. The molecule has 0 atom stereocenters. The van der Waals surface area contributed by atoms with E-state index in [1.165, 1.54) is 24.3 Å². The molecule has 0 spiro atoms. The van der Waals surface area contributed by atoms with Crippen LogP contribution in [0.5, 0.6) is 5.75 Å². The summed E-state index contributed by atoms with van der Waals surface area (Å²) in [5.41, 5.74) is 7.98. The molecule has 3 aromatic rings. The molecule has 0 unspecified atom stereocenters. The van der Waals surface area contributed by atoms with Crippen molar-refractivity contribution in [2.24, 2.45) is 5.10 Å². The van der Waals surface area contributed by atoms with Crippen molar-refractivity contribution in [2.75, 3.05) is 5.32 Å². The van der Waals surface area contributed by atoms with Crippen molar-refractivity contribution in [3.05, 3.63) is 81.8 Å². The minimum Gasteiger partial charge on any atom is -0.508 e. The monoisotopic (exact) mass is 431 g/mol. The number of carbonyl (C=O) groups is 2. The molecule has 7 heteroatoms. The topological polar surface area (TPSA) is 104 Å². The standard InChI is InChI=1S/C25H25N3O4/c1-14-7-12-19(15(2)13-14)26-25(31)23-16(3)22-20(5-4-6-21(22)32-23)27-28-24(30)17-8-10-18(29)11-9-17/h7-13,29H,4-6H2,1-3H3,(H,26,31)(H,28,30)/b27-20+.